The zero-order valence-corrected chi connectivity index (χ0v) is 15.5. The first-order valence-corrected chi connectivity index (χ1v) is 9.13. The van der Waals surface area contributed by atoms with Crippen LogP contribution in [-0.2, 0) is 9.53 Å². The van der Waals surface area contributed by atoms with E-state index in [0.717, 1.165) is 12.8 Å². The van der Waals surface area contributed by atoms with Gasteiger partial charge in [-0.05, 0) is 37.7 Å². The van der Waals surface area contributed by atoms with Crippen LogP contribution >= 0.6 is 11.6 Å². The van der Waals surface area contributed by atoms with Gasteiger partial charge in [-0.25, -0.2) is 4.98 Å². The number of hydrogen-bond donors (Lipinski definition) is 1. The molecule has 1 N–H and O–H groups in total. The lowest BCUT2D eigenvalue weighted by Gasteiger charge is -2.39. The zero-order valence-electron chi connectivity index (χ0n) is 14.7. The molecule has 1 aliphatic carbocycles. The van der Waals surface area contributed by atoms with E-state index in [4.69, 9.17) is 21.1 Å². The Morgan fingerprint density at radius 1 is 1.46 bits per heavy atom. The van der Waals surface area contributed by atoms with Gasteiger partial charge in [0, 0.05) is 26.4 Å². The molecule has 1 saturated heterocycles. The molecule has 2 aliphatic rings. The highest BCUT2D eigenvalue weighted by atomic mass is 35.5. The SMILES string of the molecule is COCC1(C(=O)O)CCCN(C(=O)c2cnc(OCC3CC3)c(Cl)c2)C1. The van der Waals surface area contributed by atoms with E-state index in [2.05, 4.69) is 4.98 Å². The predicted octanol–water partition coefficient (Wildman–Crippen LogP) is 2.48. The Hall–Kier alpha value is -1.86. The van der Waals surface area contributed by atoms with Gasteiger partial charge >= 0.3 is 5.97 Å². The first kappa shape index (κ1) is 18.9. The Morgan fingerprint density at radius 3 is 2.85 bits per heavy atom. The summed E-state index contributed by atoms with van der Waals surface area (Å²) >= 11 is 6.20. The van der Waals surface area contributed by atoms with Gasteiger partial charge in [0.25, 0.3) is 5.91 Å². The normalized spacial score (nSPS) is 22.9. The maximum absolute atomic E-state index is 12.8. The number of amides is 1. The molecule has 26 heavy (non-hydrogen) atoms. The van der Waals surface area contributed by atoms with Crippen LogP contribution in [0.1, 0.15) is 36.0 Å². The Balaban J connectivity index is 1.71. The van der Waals surface area contributed by atoms with E-state index in [0.29, 0.717) is 43.4 Å². The Labute approximate surface area is 157 Å². The van der Waals surface area contributed by atoms with Crippen molar-refractivity contribution in [2.45, 2.75) is 25.7 Å². The maximum Gasteiger partial charge on any atom is 0.313 e. The lowest BCUT2D eigenvalue weighted by Crippen LogP contribution is -2.52. The lowest BCUT2D eigenvalue weighted by molar-refractivity contribution is -0.155. The summed E-state index contributed by atoms with van der Waals surface area (Å²) < 4.78 is 10.7. The number of aliphatic carboxylic acids is 1. The van der Waals surface area contributed by atoms with Gasteiger partial charge in [0.2, 0.25) is 5.88 Å². The highest BCUT2D eigenvalue weighted by Crippen LogP contribution is 2.33. The van der Waals surface area contributed by atoms with E-state index < -0.39 is 11.4 Å². The van der Waals surface area contributed by atoms with Crippen LogP contribution in [0, 0.1) is 11.3 Å². The number of halogens is 1. The second-order valence-electron chi connectivity index (χ2n) is 7.11. The number of hydrogen-bond acceptors (Lipinski definition) is 5. The summed E-state index contributed by atoms with van der Waals surface area (Å²) in [5, 5.41) is 9.90. The third-order valence-electron chi connectivity index (χ3n) is 4.95. The highest BCUT2D eigenvalue weighted by Gasteiger charge is 2.44. The van der Waals surface area contributed by atoms with Crippen LogP contribution in [0.4, 0.5) is 0 Å². The number of carbonyl (C=O) groups is 2. The maximum atomic E-state index is 12.8. The monoisotopic (exact) mass is 382 g/mol. The average molecular weight is 383 g/mol. The fraction of sp³-hybridized carbons (Fsp3) is 0.611. The fourth-order valence-electron chi connectivity index (χ4n) is 3.25. The number of nitrogens with zero attached hydrogens (tertiary/aromatic N) is 2. The number of piperidine rings is 1. The number of methoxy groups -OCH3 is 1. The number of carboxylic acid groups (broad SMARTS) is 1. The van der Waals surface area contributed by atoms with E-state index in [1.54, 1.807) is 0 Å². The summed E-state index contributed by atoms with van der Waals surface area (Å²) in [6.07, 6.45) is 4.84. The van der Waals surface area contributed by atoms with E-state index >= 15 is 0 Å². The van der Waals surface area contributed by atoms with Gasteiger partial charge < -0.3 is 19.5 Å². The molecule has 1 aromatic heterocycles. The van der Waals surface area contributed by atoms with Crippen LogP contribution in [0.5, 0.6) is 5.88 Å². The minimum absolute atomic E-state index is 0.0685. The van der Waals surface area contributed by atoms with E-state index in [1.807, 2.05) is 0 Å². The van der Waals surface area contributed by atoms with Crippen LogP contribution in [0.25, 0.3) is 0 Å². The van der Waals surface area contributed by atoms with Crippen LogP contribution in [0.3, 0.4) is 0 Å². The van der Waals surface area contributed by atoms with Crippen LogP contribution in [0.2, 0.25) is 5.02 Å². The molecule has 3 rings (SSSR count). The Bertz CT molecular complexity index is 690. The molecule has 1 atom stereocenters. The number of rotatable bonds is 7. The van der Waals surface area contributed by atoms with Crippen molar-refractivity contribution < 1.29 is 24.2 Å². The molecule has 0 aromatic carbocycles. The van der Waals surface area contributed by atoms with Gasteiger partial charge in [0.15, 0.2) is 0 Å². The van der Waals surface area contributed by atoms with Crippen molar-refractivity contribution in [2.24, 2.45) is 11.3 Å². The van der Waals surface area contributed by atoms with Crippen molar-refractivity contribution >= 4 is 23.5 Å². The molecule has 8 heteroatoms. The molecule has 1 amide bonds. The van der Waals surface area contributed by atoms with Crippen LogP contribution in [-0.4, -0.2) is 60.3 Å². The molecule has 2 heterocycles. The third kappa shape index (κ3) is 4.10. The average Bonchev–Trinajstić information content (AvgIpc) is 3.45. The van der Waals surface area contributed by atoms with E-state index in [9.17, 15) is 14.7 Å². The molecular formula is C18H23ClN2O5. The van der Waals surface area contributed by atoms with E-state index in [-0.39, 0.29) is 24.1 Å². The quantitative estimate of drug-likeness (QED) is 0.779. The molecule has 7 nitrogen and oxygen atoms in total. The van der Waals surface area contributed by atoms with Crippen molar-refractivity contribution in [3.05, 3.63) is 22.8 Å². The molecular weight excluding hydrogens is 360 g/mol. The van der Waals surface area contributed by atoms with Crippen LogP contribution in [0.15, 0.2) is 12.3 Å². The number of carboxylic acids is 1. The van der Waals surface area contributed by atoms with Gasteiger partial charge in [-0.2, -0.15) is 0 Å². The molecule has 2 fully saturated rings. The zero-order chi connectivity index (χ0) is 18.7. The molecule has 0 bridgehead atoms. The lowest BCUT2D eigenvalue weighted by atomic mass is 9.80. The van der Waals surface area contributed by atoms with Crippen molar-refractivity contribution in [1.82, 2.24) is 9.88 Å². The van der Waals surface area contributed by atoms with Gasteiger partial charge in [-0.1, -0.05) is 11.6 Å². The summed E-state index contributed by atoms with van der Waals surface area (Å²) in [5.74, 6) is -0.327. The molecule has 1 unspecified atom stereocenters. The smallest absolute Gasteiger partial charge is 0.313 e. The van der Waals surface area contributed by atoms with Crippen molar-refractivity contribution in [1.29, 1.82) is 0 Å². The number of pyridine rings is 1. The molecule has 1 aromatic rings. The van der Waals surface area contributed by atoms with Crippen molar-refractivity contribution in [2.75, 3.05) is 33.4 Å². The Kier molecular flexibility index (Phi) is 5.67. The highest BCUT2D eigenvalue weighted by molar-refractivity contribution is 6.32. The molecule has 142 valence electrons. The third-order valence-corrected chi connectivity index (χ3v) is 5.22. The minimum Gasteiger partial charge on any atom is -0.481 e. The summed E-state index contributed by atoms with van der Waals surface area (Å²) in [7, 11) is 1.47. The molecule has 0 radical (unpaired) electrons. The van der Waals surface area contributed by atoms with Crippen LogP contribution < -0.4 is 4.74 Å². The summed E-state index contributed by atoms with van der Waals surface area (Å²) in [5.41, 5.74) is -0.750. The van der Waals surface area contributed by atoms with Crippen molar-refractivity contribution in [3.8, 4) is 5.88 Å². The predicted molar refractivity (Wildman–Crippen MR) is 94.5 cm³/mol. The van der Waals surface area contributed by atoms with Gasteiger partial charge in [-0.15, -0.1) is 0 Å². The van der Waals surface area contributed by atoms with E-state index in [1.165, 1.54) is 24.3 Å². The van der Waals surface area contributed by atoms with Crippen molar-refractivity contribution in [3.63, 3.8) is 0 Å². The fourth-order valence-corrected chi connectivity index (χ4v) is 3.47. The number of carbonyl (C=O) groups excluding carboxylic acids is 1. The van der Waals surface area contributed by atoms with Gasteiger partial charge in [0.1, 0.15) is 10.4 Å². The first-order chi connectivity index (χ1) is 12.4. The Morgan fingerprint density at radius 2 is 2.23 bits per heavy atom. The summed E-state index contributed by atoms with van der Waals surface area (Å²) in [6, 6.07) is 1.53. The second-order valence-corrected chi connectivity index (χ2v) is 7.52. The number of aromatic nitrogens is 1. The number of ether oxygens (including phenoxy) is 2. The largest absolute Gasteiger partial charge is 0.481 e. The van der Waals surface area contributed by atoms with Gasteiger partial charge in [0.05, 0.1) is 18.8 Å². The standard InChI is InChI=1S/C18H23ClN2O5/c1-25-11-18(17(23)24)5-2-6-21(10-18)16(22)13-7-14(19)15(20-8-13)26-9-12-3-4-12/h7-8,12H,2-6,9-11H2,1H3,(H,23,24). The molecule has 0 spiro atoms. The molecule has 1 saturated carbocycles. The summed E-state index contributed by atoms with van der Waals surface area (Å²) in [4.78, 5) is 30.2. The topological polar surface area (TPSA) is 89.0 Å². The number of likely N-dealkylation sites (tertiary alicyclic amines) is 1. The second kappa shape index (κ2) is 7.80. The summed E-state index contributed by atoms with van der Waals surface area (Å²) in [6.45, 7) is 1.25. The van der Waals surface area contributed by atoms with Gasteiger partial charge in [-0.3, -0.25) is 9.59 Å². The first-order valence-electron chi connectivity index (χ1n) is 8.75. The minimum atomic E-state index is -1.08. The molecule has 1 aliphatic heterocycles.